The minimum atomic E-state index is -0.327. The molecule has 0 aliphatic carbocycles. The van der Waals surface area contributed by atoms with E-state index in [4.69, 9.17) is 11.6 Å². The molecule has 1 aromatic carbocycles. The van der Waals surface area contributed by atoms with Crippen LogP contribution in [-0.4, -0.2) is 22.5 Å². The monoisotopic (exact) mass is 386 g/mol. The van der Waals surface area contributed by atoms with Gasteiger partial charge in [-0.3, -0.25) is 4.79 Å². The quantitative estimate of drug-likeness (QED) is 0.653. The number of halogens is 2. The van der Waals surface area contributed by atoms with Crippen molar-refractivity contribution in [3.63, 3.8) is 0 Å². The maximum Gasteiger partial charge on any atom is 0.289 e. The van der Waals surface area contributed by atoms with Gasteiger partial charge in [-0.1, -0.05) is 22.9 Å². The zero-order valence-electron chi connectivity index (χ0n) is 12.1. The Morgan fingerprint density at radius 3 is 2.87 bits per heavy atom. The molecule has 0 unspecified atom stereocenters. The molecule has 2 aromatic heterocycles. The maximum absolute atomic E-state index is 13.4. The van der Waals surface area contributed by atoms with Crippen LogP contribution in [0.5, 0.6) is 0 Å². The normalized spacial score (nSPS) is 12.2. The fourth-order valence-corrected chi connectivity index (χ4v) is 4.47. The van der Waals surface area contributed by atoms with Crippen LogP contribution in [0.1, 0.15) is 9.67 Å². The first-order valence-corrected chi connectivity index (χ1v) is 10.1. The zero-order valence-corrected chi connectivity index (χ0v) is 15.3. The Kier molecular flexibility index (Phi) is 5.21. The number of hydrogen-bond donors (Lipinski definition) is 0. The molecule has 0 fully saturated rings. The van der Waals surface area contributed by atoms with Crippen LogP contribution in [0.4, 0.5) is 4.39 Å². The second kappa shape index (κ2) is 7.17. The summed E-state index contributed by atoms with van der Waals surface area (Å²) in [5.41, 5.74) is 0.890. The van der Waals surface area contributed by atoms with Crippen LogP contribution >= 0.6 is 46.0 Å². The van der Waals surface area contributed by atoms with Gasteiger partial charge >= 0.3 is 0 Å². The van der Waals surface area contributed by atoms with E-state index >= 15 is 0 Å². The molecule has 0 aliphatic heterocycles. The largest absolute Gasteiger partial charge is 0.316 e. The van der Waals surface area contributed by atoms with Gasteiger partial charge in [0.15, 0.2) is 4.80 Å². The average Bonchev–Trinajstić information content (AvgIpc) is 3.08. The molecule has 8 heteroatoms. The minimum absolute atomic E-state index is 0.293. The van der Waals surface area contributed by atoms with E-state index in [1.54, 1.807) is 30.0 Å². The van der Waals surface area contributed by atoms with Crippen LogP contribution in [0.25, 0.3) is 10.2 Å². The first kappa shape index (κ1) is 16.7. The summed E-state index contributed by atoms with van der Waals surface area (Å²) in [6.45, 7) is 0.712. The second-order valence-electron chi connectivity index (χ2n) is 4.66. The lowest BCUT2D eigenvalue weighted by molar-refractivity contribution is 0.100. The number of rotatable bonds is 4. The molecule has 2 heterocycles. The predicted octanol–water partition coefficient (Wildman–Crippen LogP) is 4.66. The number of carbonyl (C=O) groups excluding carboxylic acids is 1. The minimum Gasteiger partial charge on any atom is -0.316 e. The second-order valence-corrected chi connectivity index (χ2v) is 8.37. The summed E-state index contributed by atoms with van der Waals surface area (Å²) in [5, 5.41) is 0. The zero-order chi connectivity index (χ0) is 16.4. The lowest BCUT2D eigenvalue weighted by Gasteiger charge is -2.03. The lowest BCUT2D eigenvalue weighted by Crippen LogP contribution is -2.18. The van der Waals surface area contributed by atoms with Crippen molar-refractivity contribution in [3.05, 3.63) is 50.2 Å². The highest BCUT2D eigenvalue weighted by Crippen LogP contribution is 2.23. The van der Waals surface area contributed by atoms with Gasteiger partial charge in [-0.25, -0.2) is 4.39 Å². The fraction of sp³-hybridized carbons (Fsp3) is 0.200. The molecule has 1 amide bonds. The van der Waals surface area contributed by atoms with Crippen LogP contribution in [0.2, 0.25) is 4.34 Å². The van der Waals surface area contributed by atoms with E-state index in [9.17, 15) is 9.18 Å². The predicted molar refractivity (Wildman–Crippen MR) is 97.4 cm³/mol. The van der Waals surface area contributed by atoms with Crippen molar-refractivity contribution in [2.75, 3.05) is 12.0 Å². The SMILES string of the molecule is CSCCn1c(=NC(=O)c2ccc(Cl)s2)sc2cc(F)ccc21. The van der Waals surface area contributed by atoms with Gasteiger partial charge in [-0.2, -0.15) is 16.8 Å². The van der Waals surface area contributed by atoms with Gasteiger partial charge in [-0.15, -0.1) is 11.3 Å². The van der Waals surface area contributed by atoms with Gasteiger partial charge in [0.2, 0.25) is 0 Å². The molecule has 120 valence electrons. The van der Waals surface area contributed by atoms with Crippen LogP contribution < -0.4 is 4.80 Å². The highest BCUT2D eigenvalue weighted by atomic mass is 35.5. The molecular weight excluding hydrogens is 375 g/mol. The van der Waals surface area contributed by atoms with Gasteiger partial charge in [-0.05, 0) is 36.6 Å². The number of benzene rings is 1. The fourth-order valence-electron chi connectivity index (χ4n) is 2.10. The number of aryl methyl sites for hydroxylation is 1. The van der Waals surface area contributed by atoms with Crippen molar-refractivity contribution in [3.8, 4) is 0 Å². The topological polar surface area (TPSA) is 34.4 Å². The van der Waals surface area contributed by atoms with Crippen molar-refractivity contribution in [2.24, 2.45) is 4.99 Å². The summed E-state index contributed by atoms with van der Waals surface area (Å²) in [6, 6.07) is 7.97. The van der Waals surface area contributed by atoms with Crippen molar-refractivity contribution >= 4 is 62.2 Å². The molecule has 0 atom stereocenters. The van der Waals surface area contributed by atoms with E-state index < -0.39 is 0 Å². The molecule has 0 N–H and O–H groups in total. The third-order valence-corrected chi connectivity index (χ3v) is 6.00. The van der Waals surface area contributed by atoms with Gasteiger partial charge in [0.05, 0.1) is 19.4 Å². The van der Waals surface area contributed by atoms with Crippen molar-refractivity contribution in [2.45, 2.75) is 6.54 Å². The summed E-state index contributed by atoms with van der Waals surface area (Å²) >= 11 is 10.1. The van der Waals surface area contributed by atoms with E-state index in [0.29, 0.717) is 20.6 Å². The van der Waals surface area contributed by atoms with E-state index in [1.807, 2.05) is 10.8 Å². The number of aromatic nitrogens is 1. The Morgan fingerprint density at radius 1 is 1.35 bits per heavy atom. The third kappa shape index (κ3) is 3.68. The number of carbonyl (C=O) groups is 1. The van der Waals surface area contributed by atoms with Crippen LogP contribution in [0, 0.1) is 5.82 Å². The van der Waals surface area contributed by atoms with Gasteiger partial charge in [0.1, 0.15) is 5.82 Å². The number of hydrogen-bond acceptors (Lipinski definition) is 4. The average molecular weight is 387 g/mol. The molecule has 23 heavy (non-hydrogen) atoms. The molecule has 0 bridgehead atoms. The Labute approximate surface area is 149 Å². The van der Waals surface area contributed by atoms with E-state index in [0.717, 1.165) is 16.0 Å². The summed E-state index contributed by atoms with van der Waals surface area (Å²) in [5.74, 6) is 0.264. The molecule has 3 aromatic rings. The van der Waals surface area contributed by atoms with Crippen LogP contribution in [-0.2, 0) is 6.54 Å². The third-order valence-electron chi connectivity index (χ3n) is 3.14. The Morgan fingerprint density at radius 2 is 2.17 bits per heavy atom. The Bertz CT molecular complexity index is 928. The smallest absolute Gasteiger partial charge is 0.289 e. The van der Waals surface area contributed by atoms with Crippen molar-refractivity contribution in [1.82, 2.24) is 4.57 Å². The number of fused-ring (bicyclic) bond motifs is 1. The van der Waals surface area contributed by atoms with Crippen LogP contribution in [0.15, 0.2) is 35.3 Å². The van der Waals surface area contributed by atoms with Crippen molar-refractivity contribution < 1.29 is 9.18 Å². The number of thioether (sulfide) groups is 1. The summed E-state index contributed by atoms with van der Waals surface area (Å²) in [7, 11) is 0. The molecule has 0 spiro atoms. The van der Waals surface area contributed by atoms with Crippen LogP contribution in [0.3, 0.4) is 0 Å². The van der Waals surface area contributed by atoms with Gasteiger partial charge < -0.3 is 4.57 Å². The van der Waals surface area contributed by atoms with E-state index in [1.165, 1.54) is 34.8 Å². The standard InChI is InChI=1S/C15H12ClFN2OS3/c1-21-7-6-19-10-3-2-9(17)8-12(10)23-15(19)18-14(20)11-4-5-13(16)22-11/h2-5,8H,6-7H2,1H3. The molecular formula is C15H12ClFN2OS3. The van der Waals surface area contributed by atoms with E-state index in [-0.39, 0.29) is 11.7 Å². The number of amides is 1. The Hall–Kier alpha value is -1.15. The highest BCUT2D eigenvalue weighted by Gasteiger charge is 2.11. The number of thiophene rings is 1. The first-order chi connectivity index (χ1) is 11.1. The molecule has 0 saturated heterocycles. The lowest BCUT2D eigenvalue weighted by atomic mass is 10.3. The van der Waals surface area contributed by atoms with Crippen molar-refractivity contribution in [1.29, 1.82) is 0 Å². The van der Waals surface area contributed by atoms with E-state index in [2.05, 4.69) is 4.99 Å². The highest BCUT2D eigenvalue weighted by molar-refractivity contribution is 7.98. The number of nitrogens with zero attached hydrogens (tertiary/aromatic N) is 2. The molecule has 3 rings (SSSR count). The molecule has 0 saturated carbocycles. The summed E-state index contributed by atoms with van der Waals surface area (Å²) in [6.07, 6.45) is 2.02. The molecule has 3 nitrogen and oxygen atoms in total. The molecule has 0 radical (unpaired) electrons. The van der Waals surface area contributed by atoms with Gasteiger partial charge in [0, 0.05) is 12.3 Å². The first-order valence-electron chi connectivity index (χ1n) is 6.70. The Balaban J connectivity index is 2.11. The summed E-state index contributed by atoms with van der Waals surface area (Å²) in [4.78, 5) is 17.6. The molecule has 0 aliphatic rings. The number of thiazole rings is 1. The maximum atomic E-state index is 13.4. The summed E-state index contributed by atoms with van der Waals surface area (Å²) < 4.78 is 16.7. The van der Waals surface area contributed by atoms with Gasteiger partial charge in [0.25, 0.3) is 5.91 Å².